The summed E-state index contributed by atoms with van der Waals surface area (Å²) in [6.07, 6.45) is 3.23. The van der Waals surface area contributed by atoms with Gasteiger partial charge in [-0.1, -0.05) is 6.07 Å². The van der Waals surface area contributed by atoms with E-state index in [-0.39, 0.29) is 11.9 Å². The van der Waals surface area contributed by atoms with E-state index in [2.05, 4.69) is 5.32 Å². The minimum atomic E-state index is -0.243. The van der Waals surface area contributed by atoms with E-state index >= 15 is 0 Å². The molecule has 27 heavy (non-hydrogen) atoms. The molecule has 0 aromatic heterocycles. The van der Waals surface area contributed by atoms with Crippen molar-refractivity contribution in [3.8, 4) is 23.0 Å². The van der Waals surface area contributed by atoms with Crippen molar-refractivity contribution in [3.63, 3.8) is 0 Å². The Hall–Kier alpha value is -3.15. The van der Waals surface area contributed by atoms with Gasteiger partial charge in [0.25, 0.3) is 0 Å². The van der Waals surface area contributed by atoms with Crippen molar-refractivity contribution in [2.75, 3.05) is 27.4 Å². The van der Waals surface area contributed by atoms with Crippen LogP contribution in [0.2, 0.25) is 0 Å². The molecule has 0 radical (unpaired) electrons. The van der Waals surface area contributed by atoms with E-state index in [1.165, 1.54) is 6.08 Å². The zero-order valence-corrected chi connectivity index (χ0v) is 15.7. The molecule has 142 valence electrons. The van der Waals surface area contributed by atoms with Crippen molar-refractivity contribution < 1.29 is 23.7 Å². The van der Waals surface area contributed by atoms with E-state index in [0.717, 1.165) is 16.9 Å². The summed E-state index contributed by atoms with van der Waals surface area (Å²) >= 11 is 0. The lowest BCUT2D eigenvalue weighted by Gasteiger charge is -2.18. The highest BCUT2D eigenvalue weighted by atomic mass is 16.6. The van der Waals surface area contributed by atoms with Crippen LogP contribution in [0.5, 0.6) is 23.0 Å². The average molecular weight is 369 g/mol. The Morgan fingerprint density at radius 2 is 1.85 bits per heavy atom. The monoisotopic (exact) mass is 369 g/mol. The summed E-state index contributed by atoms with van der Waals surface area (Å²) < 4.78 is 21.7. The highest BCUT2D eigenvalue weighted by Crippen LogP contribution is 2.31. The third-order valence-electron chi connectivity index (χ3n) is 4.26. The SMILES string of the molecule is COc1ccc(OC)c([C@@H](C)NC(=O)/C=C/c2ccc3c(c2)OCCO3)c1. The van der Waals surface area contributed by atoms with Crippen LogP contribution in [-0.4, -0.2) is 33.3 Å². The number of benzene rings is 2. The van der Waals surface area contributed by atoms with Crippen LogP contribution >= 0.6 is 0 Å². The van der Waals surface area contributed by atoms with E-state index in [0.29, 0.717) is 30.5 Å². The Balaban J connectivity index is 1.67. The molecule has 6 nitrogen and oxygen atoms in total. The van der Waals surface area contributed by atoms with Crippen molar-refractivity contribution >= 4 is 12.0 Å². The summed E-state index contributed by atoms with van der Waals surface area (Å²) in [5.41, 5.74) is 1.71. The van der Waals surface area contributed by atoms with Gasteiger partial charge in [-0.05, 0) is 48.9 Å². The molecule has 0 saturated heterocycles. The van der Waals surface area contributed by atoms with Crippen LogP contribution < -0.4 is 24.3 Å². The van der Waals surface area contributed by atoms with Crippen molar-refractivity contribution in [3.05, 3.63) is 53.6 Å². The van der Waals surface area contributed by atoms with E-state index < -0.39 is 0 Å². The molecule has 0 unspecified atom stereocenters. The van der Waals surface area contributed by atoms with Crippen molar-refractivity contribution in [2.24, 2.45) is 0 Å². The normalized spacial score (nSPS) is 13.9. The molecule has 2 aromatic carbocycles. The van der Waals surface area contributed by atoms with Crippen molar-refractivity contribution in [1.82, 2.24) is 5.32 Å². The molecule has 0 saturated carbocycles. The molecular formula is C21H23NO5. The molecule has 2 aromatic rings. The minimum Gasteiger partial charge on any atom is -0.497 e. The molecule has 0 bridgehead atoms. The van der Waals surface area contributed by atoms with Crippen LogP contribution in [0, 0.1) is 0 Å². The maximum Gasteiger partial charge on any atom is 0.244 e. The predicted molar refractivity (Wildman–Crippen MR) is 103 cm³/mol. The Labute approximate surface area is 158 Å². The molecule has 1 N–H and O–H groups in total. The number of rotatable bonds is 6. The van der Waals surface area contributed by atoms with E-state index in [4.69, 9.17) is 18.9 Å². The van der Waals surface area contributed by atoms with Gasteiger partial charge in [-0.2, -0.15) is 0 Å². The van der Waals surface area contributed by atoms with E-state index in [1.807, 2.05) is 43.3 Å². The molecular weight excluding hydrogens is 346 g/mol. The van der Waals surface area contributed by atoms with Gasteiger partial charge in [0.2, 0.25) is 5.91 Å². The van der Waals surface area contributed by atoms with Gasteiger partial charge in [0.1, 0.15) is 24.7 Å². The topological polar surface area (TPSA) is 66.0 Å². The summed E-state index contributed by atoms with van der Waals surface area (Å²) in [6, 6.07) is 10.8. The number of hydrogen-bond donors (Lipinski definition) is 1. The number of nitrogens with one attached hydrogen (secondary N) is 1. The van der Waals surface area contributed by atoms with Gasteiger partial charge in [0.15, 0.2) is 11.5 Å². The quantitative estimate of drug-likeness (QED) is 0.791. The van der Waals surface area contributed by atoms with Crippen molar-refractivity contribution in [2.45, 2.75) is 13.0 Å². The number of hydrogen-bond acceptors (Lipinski definition) is 5. The first-order chi connectivity index (χ1) is 13.1. The first-order valence-corrected chi connectivity index (χ1v) is 8.71. The van der Waals surface area contributed by atoms with Gasteiger partial charge in [-0.3, -0.25) is 4.79 Å². The molecule has 1 aliphatic heterocycles. The summed E-state index contributed by atoms with van der Waals surface area (Å²) in [7, 11) is 3.20. The molecule has 0 aliphatic carbocycles. The number of carbonyl (C=O) groups is 1. The molecule has 1 atom stereocenters. The molecule has 1 amide bonds. The van der Waals surface area contributed by atoms with Crippen LogP contribution in [0.3, 0.4) is 0 Å². The van der Waals surface area contributed by atoms with Crippen LogP contribution in [0.1, 0.15) is 24.1 Å². The standard InChI is InChI=1S/C21H23NO5/c1-14(17-13-16(24-2)6-8-18(17)25-3)22-21(23)9-5-15-4-7-19-20(12-15)27-11-10-26-19/h4-9,12-14H,10-11H2,1-3H3,(H,22,23)/b9-5+/t14-/m1/s1. The highest BCUT2D eigenvalue weighted by Gasteiger charge is 2.15. The second-order valence-corrected chi connectivity index (χ2v) is 6.07. The first-order valence-electron chi connectivity index (χ1n) is 8.71. The zero-order valence-electron chi connectivity index (χ0n) is 15.7. The van der Waals surface area contributed by atoms with Crippen LogP contribution in [0.25, 0.3) is 6.08 Å². The van der Waals surface area contributed by atoms with Crippen LogP contribution in [0.15, 0.2) is 42.5 Å². The smallest absolute Gasteiger partial charge is 0.244 e. The van der Waals surface area contributed by atoms with Gasteiger partial charge >= 0.3 is 0 Å². The lowest BCUT2D eigenvalue weighted by atomic mass is 10.1. The molecule has 1 aliphatic rings. The molecule has 3 rings (SSSR count). The minimum absolute atomic E-state index is 0.206. The Kier molecular flexibility index (Phi) is 5.86. The molecule has 0 spiro atoms. The fraction of sp³-hybridized carbons (Fsp3) is 0.286. The molecule has 1 heterocycles. The Bertz CT molecular complexity index is 846. The van der Waals surface area contributed by atoms with Gasteiger partial charge in [0.05, 0.1) is 20.3 Å². The highest BCUT2D eigenvalue weighted by molar-refractivity contribution is 5.92. The van der Waals surface area contributed by atoms with E-state index in [9.17, 15) is 4.79 Å². The van der Waals surface area contributed by atoms with E-state index in [1.54, 1.807) is 20.3 Å². The zero-order chi connectivity index (χ0) is 19.2. The number of carbonyl (C=O) groups excluding carboxylic acids is 1. The van der Waals surface area contributed by atoms with Gasteiger partial charge in [-0.25, -0.2) is 0 Å². The molecule has 0 fully saturated rings. The van der Waals surface area contributed by atoms with Gasteiger partial charge < -0.3 is 24.3 Å². The lowest BCUT2D eigenvalue weighted by molar-refractivity contribution is -0.117. The Morgan fingerprint density at radius 3 is 2.59 bits per heavy atom. The third-order valence-corrected chi connectivity index (χ3v) is 4.26. The van der Waals surface area contributed by atoms with Gasteiger partial charge in [0, 0.05) is 11.6 Å². The second kappa shape index (κ2) is 8.49. The average Bonchev–Trinajstić information content (AvgIpc) is 2.71. The maximum absolute atomic E-state index is 12.3. The number of methoxy groups -OCH3 is 2. The fourth-order valence-electron chi connectivity index (χ4n) is 2.85. The second-order valence-electron chi connectivity index (χ2n) is 6.07. The summed E-state index contributed by atoms with van der Waals surface area (Å²) in [5.74, 6) is 2.61. The number of amides is 1. The number of fused-ring (bicyclic) bond motifs is 1. The summed E-state index contributed by atoms with van der Waals surface area (Å²) in [6.45, 7) is 2.98. The first kappa shape index (κ1) is 18.6. The van der Waals surface area contributed by atoms with Crippen molar-refractivity contribution in [1.29, 1.82) is 0 Å². The largest absolute Gasteiger partial charge is 0.497 e. The van der Waals surface area contributed by atoms with Crippen LogP contribution in [0.4, 0.5) is 0 Å². The third kappa shape index (κ3) is 4.53. The summed E-state index contributed by atoms with van der Waals surface area (Å²) in [4.78, 5) is 12.3. The number of ether oxygens (including phenoxy) is 4. The molecule has 6 heteroatoms. The lowest BCUT2D eigenvalue weighted by Crippen LogP contribution is -2.25. The predicted octanol–water partition coefficient (Wildman–Crippen LogP) is 3.37. The fourth-order valence-corrected chi connectivity index (χ4v) is 2.85. The maximum atomic E-state index is 12.3. The Morgan fingerprint density at radius 1 is 1.07 bits per heavy atom. The summed E-state index contributed by atoms with van der Waals surface area (Å²) in [5, 5.41) is 2.94. The van der Waals surface area contributed by atoms with Crippen LogP contribution in [-0.2, 0) is 4.79 Å². The van der Waals surface area contributed by atoms with Gasteiger partial charge in [-0.15, -0.1) is 0 Å².